The number of benzene rings is 1. The highest BCUT2D eigenvalue weighted by atomic mass is 32.2. The van der Waals surface area contributed by atoms with Gasteiger partial charge in [-0.1, -0.05) is 56.7 Å². The zero-order valence-electron chi connectivity index (χ0n) is 16.6. The van der Waals surface area contributed by atoms with E-state index < -0.39 is 0 Å². The molecule has 2 heterocycles. The summed E-state index contributed by atoms with van der Waals surface area (Å²) < 4.78 is 12.4. The Morgan fingerprint density at radius 3 is 2.57 bits per heavy atom. The molecule has 3 aromatic rings. The van der Waals surface area contributed by atoms with Gasteiger partial charge in [0.1, 0.15) is 12.4 Å². The predicted molar refractivity (Wildman–Crippen MR) is 107 cm³/mol. The Balaban J connectivity index is 1.54. The molecule has 0 aliphatic heterocycles. The zero-order valence-corrected chi connectivity index (χ0v) is 17.4. The maximum absolute atomic E-state index is 6.09. The first kappa shape index (κ1) is 20.2. The molecule has 0 spiro atoms. The van der Waals surface area contributed by atoms with E-state index in [1.54, 1.807) is 0 Å². The van der Waals surface area contributed by atoms with Gasteiger partial charge in [0, 0.05) is 6.42 Å². The van der Waals surface area contributed by atoms with E-state index in [0.29, 0.717) is 40.3 Å². The van der Waals surface area contributed by atoms with Crippen LogP contribution in [0.5, 0.6) is 5.75 Å². The highest BCUT2D eigenvalue weighted by Crippen LogP contribution is 2.21. The fourth-order valence-electron chi connectivity index (χ4n) is 2.51. The molecule has 2 aromatic heterocycles. The highest BCUT2D eigenvalue weighted by Gasteiger charge is 2.14. The lowest BCUT2D eigenvalue weighted by atomic mass is 10.0. The van der Waals surface area contributed by atoms with Crippen LogP contribution in [-0.2, 0) is 18.8 Å². The summed E-state index contributed by atoms with van der Waals surface area (Å²) in [7, 11) is 0. The Morgan fingerprint density at radius 2 is 1.89 bits per heavy atom. The fourth-order valence-corrected chi connectivity index (χ4v) is 3.23. The van der Waals surface area contributed by atoms with Gasteiger partial charge in [-0.3, -0.25) is 0 Å². The lowest BCUT2D eigenvalue weighted by molar-refractivity contribution is 0.291. The Kier molecular flexibility index (Phi) is 6.56. The summed E-state index contributed by atoms with van der Waals surface area (Å²) in [6.45, 7) is 8.78. The van der Waals surface area contributed by atoms with Crippen LogP contribution in [0.3, 0.4) is 0 Å². The average Bonchev–Trinajstić information content (AvgIpc) is 3.24. The van der Waals surface area contributed by atoms with E-state index in [1.807, 2.05) is 12.1 Å². The van der Waals surface area contributed by atoms with E-state index >= 15 is 0 Å². The summed E-state index contributed by atoms with van der Waals surface area (Å²) in [5, 5.41) is 12.8. The number of aromatic nitrogens is 5. The molecule has 3 rings (SSSR count). The average molecular weight is 403 g/mol. The van der Waals surface area contributed by atoms with E-state index in [0.717, 1.165) is 12.2 Å². The van der Waals surface area contributed by atoms with Crippen molar-refractivity contribution in [2.24, 2.45) is 5.92 Å². The van der Waals surface area contributed by atoms with Crippen LogP contribution in [0.1, 0.15) is 56.7 Å². The maximum Gasteiger partial charge on any atom is 0.226 e. The number of nitrogen functional groups attached to an aromatic ring is 1. The molecule has 28 heavy (non-hydrogen) atoms. The van der Waals surface area contributed by atoms with Gasteiger partial charge in [0.25, 0.3) is 0 Å². The van der Waals surface area contributed by atoms with Gasteiger partial charge < -0.3 is 15.1 Å². The van der Waals surface area contributed by atoms with Crippen LogP contribution in [-0.4, -0.2) is 25.0 Å². The van der Waals surface area contributed by atoms with Crippen molar-refractivity contribution >= 4 is 11.8 Å². The Labute approximate surface area is 168 Å². The molecule has 0 aliphatic carbocycles. The lowest BCUT2D eigenvalue weighted by Gasteiger charge is -2.08. The van der Waals surface area contributed by atoms with Crippen LogP contribution in [0.25, 0.3) is 0 Å². The molecule has 9 heteroatoms. The molecular formula is C19H26N6O2S. The third kappa shape index (κ3) is 5.25. The van der Waals surface area contributed by atoms with Gasteiger partial charge in [0.2, 0.25) is 11.0 Å². The molecule has 0 saturated heterocycles. The minimum atomic E-state index is 0.242. The van der Waals surface area contributed by atoms with Gasteiger partial charge in [-0.15, -0.1) is 10.2 Å². The van der Waals surface area contributed by atoms with Crippen LogP contribution >= 0.6 is 11.8 Å². The van der Waals surface area contributed by atoms with Crippen LogP contribution in [0.15, 0.2) is 33.9 Å². The second kappa shape index (κ2) is 9.09. The second-order valence-corrected chi connectivity index (χ2v) is 8.21. The smallest absolute Gasteiger partial charge is 0.226 e. The molecule has 0 radical (unpaired) electrons. The molecule has 0 fully saturated rings. The molecule has 0 bridgehead atoms. The minimum Gasteiger partial charge on any atom is -0.486 e. The summed E-state index contributed by atoms with van der Waals surface area (Å²) in [6, 6.07) is 8.03. The predicted octanol–water partition coefficient (Wildman–Crippen LogP) is 3.57. The van der Waals surface area contributed by atoms with Gasteiger partial charge >= 0.3 is 0 Å². The van der Waals surface area contributed by atoms with Gasteiger partial charge in [0.05, 0.1) is 5.75 Å². The SMILES string of the molecule is CC(C)Cc1nc(CSc2nnc(COc3ccc(C(C)C)cc3)n2N)no1. The lowest BCUT2D eigenvalue weighted by Crippen LogP contribution is -2.15. The van der Waals surface area contributed by atoms with Crippen LogP contribution < -0.4 is 10.6 Å². The van der Waals surface area contributed by atoms with Crippen molar-refractivity contribution in [3.63, 3.8) is 0 Å². The summed E-state index contributed by atoms with van der Waals surface area (Å²) in [6.07, 6.45) is 0.768. The van der Waals surface area contributed by atoms with Gasteiger partial charge in [-0.2, -0.15) is 4.98 Å². The largest absolute Gasteiger partial charge is 0.486 e. The van der Waals surface area contributed by atoms with E-state index in [9.17, 15) is 0 Å². The molecule has 150 valence electrons. The third-order valence-corrected chi connectivity index (χ3v) is 5.01. The number of nitrogens with zero attached hydrogens (tertiary/aromatic N) is 5. The second-order valence-electron chi connectivity index (χ2n) is 7.27. The van der Waals surface area contributed by atoms with Crippen molar-refractivity contribution in [3.05, 3.63) is 47.4 Å². The van der Waals surface area contributed by atoms with Crippen molar-refractivity contribution < 1.29 is 9.26 Å². The van der Waals surface area contributed by atoms with Crippen molar-refractivity contribution in [1.82, 2.24) is 25.0 Å². The third-order valence-electron chi connectivity index (χ3n) is 4.07. The molecule has 8 nitrogen and oxygen atoms in total. The monoisotopic (exact) mass is 402 g/mol. The van der Waals surface area contributed by atoms with Gasteiger partial charge in [-0.25, -0.2) is 4.68 Å². The quantitative estimate of drug-likeness (QED) is 0.428. The van der Waals surface area contributed by atoms with Crippen LogP contribution in [0.4, 0.5) is 0 Å². The van der Waals surface area contributed by atoms with Crippen molar-refractivity contribution in [2.75, 3.05) is 5.84 Å². The van der Waals surface area contributed by atoms with Crippen molar-refractivity contribution in [1.29, 1.82) is 0 Å². The number of rotatable bonds is 9. The molecule has 1 aromatic carbocycles. The number of hydrogen-bond donors (Lipinski definition) is 1. The minimum absolute atomic E-state index is 0.242. The molecule has 0 amide bonds. The Hall–Kier alpha value is -2.55. The zero-order chi connectivity index (χ0) is 20.1. The summed E-state index contributed by atoms with van der Waals surface area (Å²) in [5.41, 5.74) is 1.27. The number of hydrogen-bond acceptors (Lipinski definition) is 8. The first-order chi connectivity index (χ1) is 13.4. The van der Waals surface area contributed by atoms with Gasteiger partial charge in [0.15, 0.2) is 11.6 Å². The summed E-state index contributed by atoms with van der Waals surface area (Å²) in [5.74, 6) is 10.1. The van der Waals surface area contributed by atoms with Gasteiger partial charge in [-0.05, 0) is 29.5 Å². The normalized spacial score (nSPS) is 11.5. The van der Waals surface area contributed by atoms with E-state index in [4.69, 9.17) is 15.1 Å². The molecule has 0 saturated carbocycles. The first-order valence-corrected chi connectivity index (χ1v) is 10.3. The Morgan fingerprint density at radius 1 is 1.14 bits per heavy atom. The van der Waals surface area contributed by atoms with Crippen LogP contribution in [0, 0.1) is 5.92 Å². The van der Waals surface area contributed by atoms with Crippen LogP contribution in [0.2, 0.25) is 0 Å². The number of nitrogens with two attached hydrogens (primary N) is 1. The molecule has 0 unspecified atom stereocenters. The highest BCUT2D eigenvalue weighted by molar-refractivity contribution is 7.98. The number of thioether (sulfide) groups is 1. The summed E-state index contributed by atoms with van der Waals surface area (Å²) in [4.78, 5) is 4.38. The topological polar surface area (TPSA) is 105 Å². The summed E-state index contributed by atoms with van der Waals surface area (Å²) >= 11 is 1.40. The standard InChI is InChI=1S/C19H26N6O2S/c1-12(2)9-18-21-16(24-27-18)11-28-19-23-22-17(25(19)20)10-26-15-7-5-14(6-8-15)13(3)4/h5-8,12-13H,9-11,20H2,1-4H3. The molecule has 2 N–H and O–H groups in total. The molecule has 0 aliphatic rings. The van der Waals surface area contributed by atoms with Crippen molar-refractivity contribution in [3.8, 4) is 5.75 Å². The van der Waals surface area contributed by atoms with E-state index in [2.05, 4.69) is 60.2 Å². The van der Waals surface area contributed by atoms with E-state index in [-0.39, 0.29) is 6.61 Å². The maximum atomic E-state index is 6.09. The fraction of sp³-hybridized carbons (Fsp3) is 0.474. The first-order valence-electron chi connectivity index (χ1n) is 9.28. The van der Waals surface area contributed by atoms with Crippen molar-refractivity contribution in [2.45, 2.75) is 57.5 Å². The van der Waals surface area contributed by atoms with E-state index in [1.165, 1.54) is 22.0 Å². The molecular weight excluding hydrogens is 376 g/mol. The Bertz CT molecular complexity index is 888. The molecule has 0 atom stereocenters. The number of ether oxygens (including phenoxy) is 1.